The molecule has 3 rings (SSSR count). The maximum Gasteiger partial charge on any atom is 0.119 e. The van der Waals surface area contributed by atoms with E-state index in [1.165, 1.54) is 11.1 Å². The number of hydrogen-bond donors (Lipinski definition) is 0. The molecule has 0 aliphatic carbocycles. The molecule has 1 fully saturated rings. The van der Waals surface area contributed by atoms with Crippen LogP contribution in [0.3, 0.4) is 0 Å². The molecule has 0 spiro atoms. The Morgan fingerprint density at radius 3 is 2.69 bits per heavy atom. The van der Waals surface area contributed by atoms with Gasteiger partial charge in [0.15, 0.2) is 0 Å². The molecule has 1 saturated heterocycles. The van der Waals surface area contributed by atoms with Crippen molar-refractivity contribution in [2.45, 2.75) is 38.7 Å². The fraction of sp³-hybridized carbons (Fsp3) is 0.600. The Hall–Kier alpha value is -1.92. The molecule has 1 aliphatic heterocycles. The van der Waals surface area contributed by atoms with Gasteiger partial charge in [-0.05, 0) is 36.1 Å². The van der Waals surface area contributed by atoms with Gasteiger partial charge in [-0.3, -0.25) is 9.58 Å². The number of benzene rings is 1. The summed E-state index contributed by atoms with van der Waals surface area (Å²) >= 11 is 0. The normalized spacial score (nSPS) is 20.8. The molecule has 1 aliphatic rings. The van der Waals surface area contributed by atoms with E-state index in [4.69, 9.17) is 9.47 Å². The molecule has 0 radical (unpaired) electrons. The second kappa shape index (κ2) is 8.18. The molecule has 1 aromatic heterocycles. The van der Waals surface area contributed by atoms with Crippen LogP contribution in [0.4, 0.5) is 0 Å². The number of rotatable bonds is 7. The molecule has 1 aromatic carbocycles. The first kappa shape index (κ1) is 18.9. The molecule has 26 heavy (non-hydrogen) atoms. The maximum atomic E-state index is 5.98. The third-order valence-corrected chi connectivity index (χ3v) is 5.18. The summed E-state index contributed by atoms with van der Waals surface area (Å²) < 4.78 is 13.4. The molecule has 0 bridgehead atoms. The predicted octanol–water partition coefficient (Wildman–Crippen LogP) is 2.74. The van der Waals surface area contributed by atoms with Gasteiger partial charge in [0.2, 0.25) is 0 Å². The minimum atomic E-state index is 0.152. The Balaban J connectivity index is 1.53. The number of aromatic nitrogens is 3. The lowest BCUT2D eigenvalue weighted by Crippen LogP contribution is -2.27. The largest absolute Gasteiger partial charge is 0.492 e. The van der Waals surface area contributed by atoms with Crippen LogP contribution in [0, 0.1) is 6.92 Å². The average molecular weight is 358 g/mol. The summed E-state index contributed by atoms with van der Waals surface area (Å²) in [5.41, 5.74) is 3.68. The summed E-state index contributed by atoms with van der Waals surface area (Å²) in [5.74, 6) is 1.75. The van der Waals surface area contributed by atoms with Crippen LogP contribution in [0.1, 0.15) is 42.5 Å². The van der Waals surface area contributed by atoms with E-state index in [0.717, 1.165) is 31.1 Å². The van der Waals surface area contributed by atoms with Crippen molar-refractivity contribution in [3.63, 3.8) is 0 Å². The maximum absolute atomic E-state index is 5.98. The van der Waals surface area contributed by atoms with Crippen LogP contribution in [-0.2, 0) is 11.8 Å². The Morgan fingerprint density at radius 2 is 2.08 bits per heavy atom. The van der Waals surface area contributed by atoms with Gasteiger partial charge in [-0.2, -0.15) is 0 Å². The van der Waals surface area contributed by atoms with E-state index in [-0.39, 0.29) is 12.0 Å². The van der Waals surface area contributed by atoms with Crippen LogP contribution < -0.4 is 4.74 Å². The monoisotopic (exact) mass is 358 g/mol. The van der Waals surface area contributed by atoms with Gasteiger partial charge in [0, 0.05) is 45.9 Å². The van der Waals surface area contributed by atoms with Gasteiger partial charge in [0.1, 0.15) is 12.4 Å². The van der Waals surface area contributed by atoms with E-state index < -0.39 is 0 Å². The molecule has 0 amide bonds. The molecule has 6 nitrogen and oxygen atoms in total. The first-order valence-electron chi connectivity index (χ1n) is 9.32. The summed E-state index contributed by atoms with van der Waals surface area (Å²) in [4.78, 5) is 2.38. The van der Waals surface area contributed by atoms with Gasteiger partial charge in [-0.1, -0.05) is 25.1 Å². The highest BCUT2D eigenvalue weighted by Crippen LogP contribution is 2.28. The fourth-order valence-electron chi connectivity index (χ4n) is 3.77. The molecule has 2 aromatic rings. The lowest BCUT2D eigenvalue weighted by molar-refractivity contribution is 0.0948. The Kier molecular flexibility index (Phi) is 5.94. The van der Waals surface area contributed by atoms with Crippen LogP contribution >= 0.6 is 0 Å². The summed E-state index contributed by atoms with van der Waals surface area (Å²) in [6.07, 6.45) is 2.13. The zero-order valence-electron chi connectivity index (χ0n) is 16.5. The highest BCUT2D eigenvalue weighted by molar-refractivity contribution is 5.36. The molecular weight excluding hydrogens is 328 g/mol. The van der Waals surface area contributed by atoms with Gasteiger partial charge in [0.05, 0.1) is 11.8 Å². The van der Waals surface area contributed by atoms with Crippen LogP contribution in [-0.4, -0.2) is 59.3 Å². The van der Waals surface area contributed by atoms with E-state index >= 15 is 0 Å². The SMILES string of the molecule is CO[C@@H]1CN(CCOc2ccc(C(C)C)c(C)c2)C[C@H]1c1cn(C)nn1. The Morgan fingerprint density at radius 1 is 1.27 bits per heavy atom. The first-order chi connectivity index (χ1) is 12.5. The zero-order valence-corrected chi connectivity index (χ0v) is 16.5. The number of ether oxygens (including phenoxy) is 2. The number of nitrogens with zero attached hydrogens (tertiary/aromatic N) is 4. The van der Waals surface area contributed by atoms with Gasteiger partial charge in [0.25, 0.3) is 0 Å². The highest BCUT2D eigenvalue weighted by atomic mass is 16.5. The van der Waals surface area contributed by atoms with Crippen molar-refractivity contribution >= 4 is 0 Å². The first-order valence-corrected chi connectivity index (χ1v) is 9.32. The standard InChI is InChI=1S/C20H30N4O2/c1-14(2)17-7-6-16(10-15(17)3)26-9-8-24-11-18(20(13-24)25-5)19-12-23(4)22-21-19/h6-7,10,12,14,18,20H,8-9,11,13H2,1-5H3/t18-,20+/m0/s1. The molecule has 0 N–H and O–H groups in total. The molecule has 2 atom stereocenters. The van der Waals surface area contributed by atoms with Gasteiger partial charge < -0.3 is 9.47 Å². The third-order valence-electron chi connectivity index (χ3n) is 5.18. The van der Waals surface area contributed by atoms with Crippen molar-refractivity contribution in [1.82, 2.24) is 19.9 Å². The highest BCUT2D eigenvalue weighted by Gasteiger charge is 2.35. The summed E-state index contributed by atoms with van der Waals surface area (Å²) in [7, 11) is 3.67. The average Bonchev–Trinajstić information content (AvgIpc) is 3.20. The van der Waals surface area contributed by atoms with Crippen LogP contribution in [0.25, 0.3) is 0 Å². The van der Waals surface area contributed by atoms with Gasteiger partial charge in [-0.25, -0.2) is 0 Å². The van der Waals surface area contributed by atoms with Crippen molar-refractivity contribution in [1.29, 1.82) is 0 Å². The summed E-state index contributed by atoms with van der Waals surface area (Å²) in [5, 5.41) is 8.32. The van der Waals surface area contributed by atoms with E-state index in [1.54, 1.807) is 11.8 Å². The van der Waals surface area contributed by atoms with Crippen LogP contribution in [0.2, 0.25) is 0 Å². The van der Waals surface area contributed by atoms with E-state index in [2.05, 4.69) is 54.2 Å². The quantitative estimate of drug-likeness (QED) is 0.762. The van der Waals surface area contributed by atoms with E-state index in [9.17, 15) is 0 Å². The molecular formula is C20H30N4O2. The number of aryl methyl sites for hydroxylation is 2. The lowest BCUT2D eigenvalue weighted by Gasteiger charge is -2.17. The molecule has 142 valence electrons. The fourth-order valence-corrected chi connectivity index (χ4v) is 3.77. The van der Waals surface area contributed by atoms with Gasteiger partial charge >= 0.3 is 0 Å². The van der Waals surface area contributed by atoms with Crippen molar-refractivity contribution in [3.05, 3.63) is 41.2 Å². The molecule has 2 heterocycles. The van der Waals surface area contributed by atoms with E-state index in [1.807, 2.05) is 13.2 Å². The number of methoxy groups -OCH3 is 1. The molecule has 0 saturated carbocycles. The third kappa shape index (κ3) is 4.24. The molecule has 6 heteroatoms. The van der Waals surface area contributed by atoms with Crippen molar-refractivity contribution < 1.29 is 9.47 Å². The Labute approximate surface area is 156 Å². The zero-order chi connectivity index (χ0) is 18.7. The summed E-state index contributed by atoms with van der Waals surface area (Å²) in [6.45, 7) is 9.95. The van der Waals surface area contributed by atoms with Crippen molar-refractivity contribution in [2.75, 3.05) is 33.4 Å². The van der Waals surface area contributed by atoms with E-state index in [0.29, 0.717) is 12.5 Å². The van der Waals surface area contributed by atoms with Crippen LogP contribution in [0.15, 0.2) is 24.4 Å². The summed E-state index contributed by atoms with van der Waals surface area (Å²) in [6, 6.07) is 6.39. The second-order valence-electron chi connectivity index (χ2n) is 7.48. The number of likely N-dealkylation sites (tertiary alicyclic amines) is 1. The smallest absolute Gasteiger partial charge is 0.119 e. The second-order valence-corrected chi connectivity index (χ2v) is 7.48. The van der Waals surface area contributed by atoms with Crippen molar-refractivity contribution in [2.24, 2.45) is 7.05 Å². The minimum Gasteiger partial charge on any atom is -0.492 e. The van der Waals surface area contributed by atoms with Crippen LogP contribution in [0.5, 0.6) is 5.75 Å². The van der Waals surface area contributed by atoms with Crippen molar-refractivity contribution in [3.8, 4) is 5.75 Å². The lowest BCUT2D eigenvalue weighted by atomic mass is 9.98. The molecule has 0 unspecified atom stereocenters. The predicted molar refractivity (Wildman–Crippen MR) is 102 cm³/mol. The topological polar surface area (TPSA) is 52.4 Å². The minimum absolute atomic E-state index is 0.152. The number of hydrogen-bond acceptors (Lipinski definition) is 5. The van der Waals surface area contributed by atoms with Gasteiger partial charge in [-0.15, -0.1) is 5.10 Å². The Bertz CT molecular complexity index is 728.